The summed E-state index contributed by atoms with van der Waals surface area (Å²) in [5.41, 5.74) is 0. The van der Waals surface area contributed by atoms with Crippen molar-refractivity contribution in [2.24, 2.45) is 0 Å². The Morgan fingerprint density at radius 3 is 2.35 bits per heavy atom. The van der Waals surface area contributed by atoms with Crippen LogP contribution < -0.4 is 0 Å². The van der Waals surface area contributed by atoms with Crippen molar-refractivity contribution >= 4 is 0 Å². The van der Waals surface area contributed by atoms with Gasteiger partial charge in [-0.3, -0.25) is 0 Å². The average Bonchev–Trinajstić information content (AvgIpc) is 2.45. The highest BCUT2D eigenvalue weighted by Gasteiger charge is 2.05. The van der Waals surface area contributed by atoms with E-state index >= 15 is 0 Å². The Balaban J connectivity index is 3.33. The van der Waals surface area contributed by atoms with Crippen LogP contribution in [0.5, 0.6) is 0 Å². The number of unbranched alkanes of at least 4 members (excludes halogenated alkanes) is 3. The van der Waals surface area contributed by atoms with Gasteiger partial charge < -0.3 is 18.9 Å². The number of rotatable bonds is 15. The van der Waals surface area contributed by atoms with Crippen molar-refractivity contribution in [3.05, 3.63) is 12.3 Å². The highest BCUT2D eigenvalue weighted by atomic mass is 16.7. The van der Waals surface area contributed by atoms with Crippen LogP contribution in [0.2, 0.25) is 0 Å². The smallest absolute Gasteiger partial charge is 0.188 e. The molecule has 0 saturated heterocycles. The first-order chi connectivity index (χ1) is 9.85. The third-order valence-corrected chi connectivity index (χ3v) is 2.76. The first-order valence-corrected chi connectivity index (χ1v) is 7.92. The third-order valence-electron chi connectivity index (χ3n) is 2.76. The molecule has 0 unspecified atom stereocenters. The molecular formula is C16H32O4. The number of hydrogen-bond acceptors (Lipinski definition) is 4. The molecule has 120 valence electrons. The standard InChI is InChI=1S/C16H32O4/c1-4-7-8-10-13-17-15-18-14-11-9-12-16(19-5-2)20-6-3/h11,14,16H,4-10,12-13,15H2,1-3H3. The Kier molecular flexibility index (Phi) is 16.0. The number of allylic oxidation sites excluding steroid dienone is 1. The molecule has 0 aliphatic rings. The Hall–Kier alpha value is -0.580. The van der Waals surface area contributed by atoms with E-state index in [4.69, 9.17) is 18.9 Å². The van der Waals surface area contributed by atoms with Gasteiger partial charge in [0.05, 0.1) is 12.9 Å². The van der Waals surface area contributed by atoms with Gasteiger partial charge in [-0.15, -0.1) is 0 Å². The van der Waals surface area contributed by atoms with Crippen molar-refractivity contribution in [3.8, 4) is 0 Å². The molecule has 0 aromatic carbocycles. The maximum atomic E-state index is 5.45. The first kappa shape index (κ1) is 19.4. The zero-order valence-corrected chi connectivity index (χ0v) is 13.4. The summed E-state index contributed by atoms with van der Waals surface area (Å²) in [6.45, 7) is 8.63. The lowest BCUT2D eigenvalue weighted by Gasteiger charge is -2.15. The van der Waals surface area contributed by atoms with E-state index in [1.54, 1.807) is 6.26 Å². The summed E-state index contributed by atoms with van der Waals surface area (Å²) in [5, 5.41) is 0. The summed E-state index contributed by atoms with van der Waals surface area (Å²) in [7, 11) is 0. The molecule has 0 amide bonds. The topological polar surface area (TPSA) is 36.9 Å². The van der Waals surface area contributed by atoms with E-state index < -0.39 is 0 Å². The molecule has 0 bridgehead atoms. The average molecular weight is 288 g/mol. The van der Waals surface area contributed by atoms with E-state index in [1.807, 2.05) is 19.9 Å². The third kappa shape index (κ3) is 13.8. The molecule has 0 heterocycles. The maximum Gasteiger partial charge on any atom is 0.188 e. The molecule has 0 N–H and O–H groups in total. The summed E-state index contributed by atoms with van der Waals surface area (Å²) in [6, 6.07) is 0. The maximum absolute atomic E-state index is 5.45. The molecule has 0 rings (SSSR count). The molecule has 0 spiro atoms. The molecule has 4 nitrogen and oxygen atoms in total. The zero-order chi connectivity index (χ0) is 14.9. The van der Waals surface area contributed by atoms with Crippen LogP contribution >= 0.6 is 0 Å². The molecule has 0 aliphatic heterocycles. The molecule has 0 aromatic heterocycles. The van der Waals surface area contributed by atoms with Crippen molar-refractivity contribution in [2.75, 3.05) is 26.6 Å². The predicted molar refractivity (Wildman–Crippen MR) is 81.5 cm³/mol. The van der Waals surface area contributed by atoms with E-state index in [-0.39, 0.29) is 6.29 Å². The SMILES string of the molecule is CCCCCCOCOC=CCCC(OCC)OCC. The fourth-order valence-electron chi connectivity index (χ4n) is 1.73. The van der Waals surface area contributed by atoms with E-state index in [2.05, 4.69) is 6.92 Å². The molecule has 0 fully saturated rings. The minimum absolute atomic E-state index is 0.107. The summed E-state index contributed by atoms with van der Waals surface area (Å²) in [6.07, 6.45) is 10.2. The largest absolute Gasteiger partial charge is 0.475 e. The van der Waals surface area contributed by atoms with Crippen LogP contribution in [0.3, 0.4) is 0 Å². The second-order valence-corrected chi connectivity index (χ2v) is 4.54. The Morgan fingerprint density at radius 1 is 0.950 bits per heavy atom. The van der Waals surface area contributed by atoms with Gasteiger partial charge in [-0.25, -0.2) is 0 Å². The number of hydrogen-bond donors (Lipinski definition) is 0. The van der Waals surface area contributed by atoms with Gasteiger partial charge >= 0.3 is 0 Å². The second kappa shape index (κ2) is 16.5. The van der Waals surface area contributed by atoms with Gasteiger partial charge in [-0.2, -0.15) is 0 Å². The fraction of sp³-hybridized carbons (Fsp3) is 0.875. The Labute approximate surface area is 124 Å². The highest BCUT2D eigenvalue weighted by molar-refractivity contribution is 4.73. The lowest BCUT2D eigenvalue weighted by molar-refractivity contribution is -0.138. The molecule has 20 heavy (non-hydrogen) atoms. The summed E-state index contributed by atoms with van der Waals surface area (Å²) >= 11 is 0. The van der Waals surface area contributed by atoms with Crippen molar-refractivity contribution in [3.63, 3.8) is 0 Å². The lowest BCUT2D eigenvalue weighted by Crippen LogP contribution is -2.16. The van der Waals surface area contributed by atoms with Gasteiger partial charge in [0.1, 0.15) is 0 Å². The second-order valence-electron chi connectivity index (χ2n) is 4.54. The monoisotopic (exact) mass is 288 g/mol. The van der Waals surface area contributed by atoms with Crippen LogP contribution in [0.25, 0.3) is 0 Å². The molecule has 0 aromatic rings. The van der Waals surface area contributed by atoms with Crippen molar-refractivity contribution in [1.29, 1.82) is 0 Å². The predicted octanol–water partition coefficient (Wildman–Crippen LogP) is 4.25. The van der Waals surface area contributed by atoms with Gasteiger partial charge in [0.15, 0.2) is 13.1 Å². The van der Waals surface area contributed by atoms with Gasteiger partial charge in [0.25, 0.3) is 0 Å². The zero-order valence-electron chi connectivity index (χ0n) is 13.4. The molecule has 0 aliphatic carbocycles. The quantitative estimate of drug-likeness (QED) is 0.256. The van der Waals surface area contributed by atoms with Crippen molar-refractivity contribution in [1.82, 2.24) is 0 Å². The van der Waals surface area contributed by atoms with E-state index in [9.17, 15) is 0 Å². The minimum atomic E-state index is -0.107. The van der Waals surface area contributed by atoms with Gasteiger partial charge in [-0.1, -0.05) is 26.2 Å². The highest BCUT2D eigenvalue weighted by Crippen LogP contribution is 2.05. The van der Waals surface area contributed by atoms with Crippen LogP contribution in [0.4, 0.5) is 0 Å². The molecular weight excluding hydrogens is 256 g/mol. The minimum Gasteiger partial charge on any atom is -0.475 e. The van der Waals surface area contributed by atoms with E-state index in [0.29, 0.717) is 20.0 Å². The summed E-state index contributed by atoms with van der Waals surface area (Å²) < 4.78 is 21.5. The van der Waals surface area contributed by atoms with Gasteiger partial charge in [0.2, 0.25) is 0 Å². The Bertz CT molecular complexity index is 201. The summed E-state index contributed by atoms with van der Waals surface area (Å²) in [4.78, 5) is 0. The fourth-order valence-corrected chi connectivity index (χ4v) is 1.73. The van der Waals surface area contributed by atoms with E-state index in [0.717, 1.165) is 25.9 Å². The van der Waals surface area contributed by atoms with Gasteiger partial charge in [-0.05, 0) is 32.8 Å². The molecule has 0 saturated carbocycles. The lowest BCUT2D eigenvalue weighted by atomic mass is 10.2. The summed E-state index contributed by atoms with van der Waals surface area (Å²) in [5.74, 6) is 0. The normalized spacial score (nSPS) is 11.6. The van der Waals surface area contributed by atoms with Gasteiger partial charge in [0, 0.05) is 19.6 Å². The molecule has 0 atom stereocenters. The first-order valence-electron chi connectivity index (χ1n) is 7.92. The van der Waals surface area contributed by atoms with Crippen LogP contribution in [0.1, 0.15) is 59.3 Å². The van der Waals surface area contributed by atoms with Crippen molar-refractivity contribution in [2.45, 2.75) is 65.6 Å². The van der Waals surface area contributed by atoms with Crippen molar-refractivity contribution < 1.29 is 18.9 Å². The molecule has 4 heteroatoms. The van der Waals surface area contributed by atoms with Crippen LogP contribution in [0.15, 0.2) is 12.3 Å². The molecule has 0 radical (unpaired) electrons. The van der Waals surface area contributed by atoms with E-state index in [1.165, 1.54) is 19.3 Å². The van der Waals surface area contributed by atoms with Crippen LogP contribution in [0, 0.1) is 0 Å². The number of ether oxygens (including phenoxy) is 4. The van der Waals surface area contributed by atoms with Crippen LogP contribution in [-0.2, 0) is 18.9 Å². The Morgan fingerprint density at radius 2 is 1.70 bits per heavy atom. The van der Waals surface area contributed by atoms with Crippen LogP contribution in [-0.4, -0.2) is 32.9 Å².